The van der Waals surface area contributed by atoms with E-state index in [1.165, 1.54) is 0 Å². The second kappa shape index (κ2) is 6.48. The van der Waals surface area contributed by atoms with E-state index < -0.39 is 0 Å². The first-order chi connectivity index (χ1) is 10.6. The number of piperidine rings is 1. The van der Waals surface area contributed by atoms with Gasteiger partial charge < -0.3 is 15.1 Å². The fourth-order valence-electron chi connectivity index (χ4n) is 3.27. The molecule has 0 aliphatic carbocycles. The fourth-order valence-corrected chi connectivity index (χ4v) is 3.27. The zero-order valence-corrected chi connectivity index (χ0v) is 13.0. The molecular formula is C17H23N3O2. The number of likely N-dealkylation sites (tertiary alicyclic amines) is 1. The molecule has 0 radical (unpaired) electrons. The number of amides is 2. The maximum Gasteiger partial charge on any atom is 0.228 e. The average Bonchev–Trinajstić information content (AvgIpc) is 2.94. The van der Waals surface area contributed by atoms with Crippen LogP contribution in [0.25, 0.3) is 0 Å². The van der Waals surface area contributed by atoms with Crippen LogP contribution in [0.2, 0.25) is 0 Å². The third-order valence-corrected chi connectivity index (χ3v) is 4.52. The Morgan fingerprint density at radius 3 is 2.59 bits per heavy atom. The second-order valence-electron chi connectivity index (χ2n) is 6.29. The second-order valence-corrected chi connectivity index (χ2v) is 6.29. The molecule has 0 bridgehead atoms. The van der Waals surface area contributed by atoms with Crippen molar-refractivity contribution < 1.29 is 9.59 Å². The topological polar surface area (TPSA) is 52.7 Å². The molecule has 1 aromatic carbocycles. The van der Waals surface area contributed by atoms with Crippen molar-refractivity contribution in [2.45, 2.75) is 25.7 Å². The third-order valence-electron chi connectivity index (χ3n) is 4.52. The molecule has 1 N–H and O–H groups in total. The Bertz CT molecular complexity index is 556. The summed E-state index contributed by atoms with van der Waals surface area (Å²) in [5, 5.41) is 2.99. The van der Waals surface area contributed by atoms with Crippen LogP contribution < -0.4 is 10.2 Å². The van der Waals surface area contributed by atoms with E-state index in [-0.39, 0.29) is 17.7 Å². The first-order valence-corrected chi connectivity index (χ1v) is 8.03. The van der Waals surface area contributed by atoms with Gasteiger partial charge in [0.2, 0.25) is 11.8 Å². The van der Waals surface area contributed by atoms with Gasteiger partial charge >= 0.3 is 0 Å². The van der Waals surface area contributed by atoms with Crippen LogP contribution in [0.3, 0.4) is 0 Å². The van der Waals surface area contributed by atoms with Gasteiger partial charge in [0.25, 0.3) is 0 Å². The standard InChI is InChI=1S/C17H23N3O2/c1-19-10-2-4-13(12-19)17(22)18-14-6-8-15(9-7-14)20-11-3-5-16(20)21/h6-9,13H,2-5,10-12H2,1H3,(H,18,22)/t13-/m1/s1. The molecule has 0 aromatic heterocycles. The van der Waals surface area contributed by atoms with Crippen LogP contribution in [0.4, 0.5) is 11.4 Å². The van der Waals surface area contributed by atoms with Gasteiger partial charge in [0.05, 0.1) is 5.92 Å². The summed E-state index contributed by atoms with van der Waals surface area (Å²) in [5.41, 5.74) is 1.71. The number of nitrogens with zero attached hydrogens (tertiary/aromatic N) is 2. The van der Waals surface area contributed by atoms with E-state index in [2.05, 4.69) is 17.3 Å². The van der Waals surface area contributed by atoms with Crippen LogP contribution in [0.15, 0.2) is 24.3 Å². The van der Waals surface area contributed by atoms with Gasteiger partial charge in [-0.15, -0.1) is 0 Å². The van der Waals surface area contributed by atoms with Crippen molar-refractivity contribution in [3.8, 4) is 0 Å². The molecule has 2 aliphatic heterocycles. The van der Waals surface area contributed by atoms with Gasteiger partial charge in [0.1, 0.15) is 0 Å². The summed E-state index contributed by atoms with van der Waals surface area (Å²) in [6.07, 6.45) is 3.58. The van der Waals surface area contributed by atoms with E-state index >= 15 is 0 Å². The lowest BCUT2D eigenvalue weighted by Crippen LogP contribution is -2.38. The van der Waals surface area contributed by atoms with Crippen LogP contribution in [-0.4, -0.2) is 43.4 Å². The first-order valence-electron chi connectivity index (χ1n) is 8.03. The Labute approximate surface area is 131 Å². The maximum absolute atomic E-state index is 12.3. The van der Waals surface area contributed by atoms with Crippen molar-refractivity contribution in [3.63, 3.8) is 0 Å². The third kappa shape index (κ3) is 3.30. The highest BCUT2D eigenvalue weighted by atomic mass is 16.2. The number of carbonyl (C=O) groups is 2. The van der Waals surface area contributed by atoms with E-state index in [0.29, 0.717) is 6.42 Å². The summed E-state index contributed by atoms with van der Waals surface area (Å²) in [7, 11) is 2.06. The lowest BCUT2D eigenvalue weighted by Gasteiger charge is -2.28. The van der Waals surface area contributed by atoms with Crippen molar-refractivity contribution in [2.75, 3.05) is 36.9 Å². The monoisotopic (exact) mass is 301 g/mol. The van der Waals surface area contributed by atoms with Crippen molar-refractivity contribution in [1.29, 1.82) is 0 Å². The van der Waals surface area contributed by atoms with Crippen molar-refractivity contribution in [3.05, 3.63) is 24.3 Å². The van der Waals surface area contributed by atoms with Gasteiger partial charge in [-0.1, -0.05) is 0 Å². The summed E-state index contributed by atoms with van der Waals surface area (Å²) in [5.74, 6) is 0.345. The maximum atomic E-state index is 12.3. The molecule has 0 unspecified atom stereocenters. The molecule has 0 saturated carbocycles. The number of anilines is 2. The van der Waals surface area contributed by atoms with Crippen LogP contribution >= 0.6 is 0 Å². The number of carbonyl (C=O) groups excluding carboxylic acids is 2. The van der Waals surface area contributed by atoms with Gasteiger partial charge in [-0.2, -0.15) is 0 Å². The van der Waals surface area contributed by atoms with Crippen molar-refractivity contribution in [1.82, 2.24) is 4.90 Å². The summed E-state index contributed by atoms with van der Waals surface area (Å²) < 4.78 is 0. The molecule has 118 valence electrons. The van der Waals surface area contributed by atoms with Gasteiger partial charge in [-0.25, -0.2) is 0 Å². The Hall–Kier alpha value is -1.88. The molecule has 1 aromatic rings. The Kier molecular flexibility index (Phi) is 4.43. The van der Waals surface area contributed by atoms with E-state index in [1.54, 1.807) is 0 Å². The molecule has 2 amide bonds. The number of hydrogen-bond donors (Lipinski definition) is 1. The smallest absolute Gasteiger partial charge is 0.228 e. The average molecular weight is 301 g/mol. The van der Waals surface area contributed by atoms with Crippen molar-refractivity contribution >= 4 is 23.2 Å². The van der Waals surface area contributed by atoms with Gasteiger partial charge in [-0.05, 0) is 57.1 Å². The Morgan fingerprint density at radius 1 is 1.18 bits per heavy atom. The fraction of sp³-hybridized carbons (Fsp3) is 0.529. The zero-order chi connectivity index (χ0) is 15.5. The molecule has 2 saturated heterocycles. The molecular weight excluding hydrogens is 278 g/mol. The number of rotatable bonds is 3. The van der Waals surface area contributed by atoms with E-state index in [0.717, 1.165) is 50.3 Å². The quantitative estimate of drug-likeness (QED) is 0.930. The van der Waals surface area contributed by atoms with Crippen LogP contribution in [-0.2, 0) is 9.59 Å². The lowest BCUT2D eigenvalue weighted by molar-refractivity contribution is -0.121. The largest absolute Gasteiger partial charge is 0.326 e. The minimum absolute atomic E-state index is 0.0681. The Balaban J connectivity index is 1.61. The molecule has 5 heteroatoms. The highest BCUT2D eigenvalue weighted by Gasteiger charge is 2.24. The van der Waals surface area contributed by atoms with E-state index in [4.69, 9.17) is 0 Å². The molecule has 1 atom stereocenters. The summed E-state index contributed by atoms with van der Waals surface area (Å²) in [6, 6.07) is 7.58. The minimum Gasteiger partial charge on any atom is -0.326 e. The minimum atomic E-state index is 0.0681. The Morgan fingerprint density at radius 2 is 1.95 bits per heavy atom. The molecule has 0 spiro atoms. The predicted octanol–water partition coefficient (Wildman–Crippen LogP) is 2.09. The highest BCUT2D eigenvalue weighted by Crippen LogP contribution is 2.24. The highest BCUT2D eigenvalue weighted by molar-refractivity contribution is 5.96. The number of hydrogen-bond acceptors (Lipinski definition) is 3. The SMILES string of the molecule is CN1CCC[C@@H](C(=O)Nc2ccc(N3CCCC3=O)cc2)C1. The van der Waals surface area contributed by atoms with Gasteiger partial charge in [-0.3, -0.25) is 9.59 Å². The predicted molar refractivity (Wildman–Crippen MR) is 86.9 cm³/mol. The lowest BCUT2D eigenvalue weighted by atomic mass is 9.97. The zero-order valence-electron chi connectivity index (χ0n) is 13.0. The molecule has 3 rings (SSSR count). The van der Waals surface area contributed by atoms with Gasteiger partial charge in [0, 0.05) is 30.9 Å². The van der Waals surface area contributed by atoms with Crippen molar-refractivity contribution in [2.24, 2.45) is 5.92 Å². The normalized spacial score (nSPS) is 22.9. The van der Waals surface area contributed by atoms with Crippen LogP contribution in [0, 0.1) is 5.92 Å². The molecule has 2 aliphatic rings. The van der Waals surface area contributed by atoms with Gasteiger partial charge in [0.15, 0.2) is 0 Å². The summed E-state index contributed by atoms with van der Waals surface area (Å²) in [4.78, 5) is 28.0. The molecule has 2 fully saturated rings. The summed E-state index contributed by atoms with van der Waals surface area (Å²) in [6.45, 7) is 2.69. The first kappa shape index (κ1) is 15.0. The van der Waals surface area contributed by atoms with E-state index in [9.17, 15) is 9.59 Å². The molecule has 5 nitrogen and oxygen atoms in total. The summed E-state index contributed by atoms with van der Waals surface area (Å²) >= 11 is 0. The number of nitrogens with one attached hydrogen (secondary N) is 1. The van der Waals surface area contributed by atoms with Crippen LogP contribution in [0.1, 0.15) is 25.7 Å². The molecule has 2 heterocycles. The molecule has 22 heavy (non-hydrogen) atoms. The van der Waals surface area contributed by atoms with E-state index in [1.807, 2.05) is 29.2 Å². The number of benzene rings is 1. The van der Waals surface area contributed by atoms with Crippen LogP contribution in [0.5, 0.6) is 0 Å².